The van der Waals surface area contributed by atoms with Crippen molar-refractivity contribution < 1.29 is 19.2 Å². The van der Waals surface area contributed by atoms with E-state index in [0.717, 1.165) is 83.5 Å². The molecule has 5 N–H and O–H groups in total. The fraction of sp³-hybridized carbons (Fsp3) is 0.933. The molecule has 2 fully saturated rings. The van der Waals surface area contributed by atoms with Gasteiger partial charge >= 0.3 is 0 Å². The average Bonchev–Trinajstić information content (AvgIpc) is 3.32. The SMILES string of the molecule is CCCCCCCCCCCC(=O)NC1CCCC(C(CCCCCCCCCCC(N)=O)NC(=O)CCCCCCCCCCCC2CCCCC2NC(=O)CCCCCCCCCCC)C1. The van der Waals surface area contributed by atoms with E-state index in [0.29, 0.717) is 49.5 Å². The van der Waals surface area contributed by atoms with Gasteiger partial charge in [-0.3, -0.25) is 19.2 Å². The summed E-state index contributed by atoms with van der Waals surface area (Å²) in [6.45, 7) is 4.54. The fourth-order valence-electron chi connectivity index (χ4n) is 11.6. The highest BCUT2D eigenvalue weighted by atomic mass is 16.2. The summed E-state index contributed by atoms with van der Waals surface area (Å²) in [6.07, 6.45) is 57.4. The van der Waals surface area contributed by atoms with Gasteiger partial charge in [0.2, 0.25) is 23.6 Å². The van der Waals surface area contributed by atoms with Crippen LogP contribution in [0.3, 0.4) is 0 Å². The molecular formula is C60H114N4O4. The van der Waals surface area contributed by atoms with E-state index in [4.69, 9.17) is 5.73 Å². The summed E-state index contributed by atoms with van der Waals surface area (Å²) in [5.41, 5.74) is 5.29. The van der Waals surface area contributed by atoms with E-state index in [2.05, 4.69) is 29.8 Å². The van der Waals surface area contributed by atoms with Gasteiger partial charge in [-0.1, -0.05) is 232 Å². The summed E-state index contributed by atoms with van der Waals surface area (Å²) in [7, 11) is 0. The molecule has 0 aromatic heterocycles. The predicted octanol–water partition coefficient (Wildman–Crippen LogP) is 16.3. The molecule has 2 aliphatic carbocycles. The van der Waals surface area contributed by atoms with Crippen LogP contribution in [0.5, 0.6) is 0 Å². The van der Waals surface area contributed by atoms with Crippen molar-refractivity contribution in [3.8, 4) is 0 Å². The van der Waals surface area contributed by atoms with E-state index in [1.54, 1.807) is 0 Å². The molecule has 8 heteroatoms. The molecular weight excluding hydrogens is 841 g/mol. The molecule has 0 radical (unpaired) electrons. The number of unbranched alkanes of at least 4 members (excludes halogenated alkanes) is 31. The predicted molar refractivity (Wildman–Crippen MR) is 290 cm³/mol. The van der Waals surface area contributed by atoms with E-state index < -0.39 is 0 Å². The first-order valence-electron chi connectivity index (χ1n) is 30.5. The van der Waals surface area contributed by atoms with Gasteiger partial charge in [-0.25, -0.2) is 0 Å². The first-order chi connectivity index (χ1) is 33.3. The van der Waals surface area contributed by atoms with Crippen molar-refractivity contribution >= 4 is 23.6 Å². The maximum Gasteiger partial charge on any atom is 0.220 e. The van der Waals surface area contributed by atoms with Gasteiger partial charge in [-0.2, -0.15) is 0 Å². The molecule has 5 unspecified atom stereocenters. The number of hydrogen-bond donors (Lipinski definition) is 4. The van der Waals surface area contributed by atoms with Crippen molar-refractivity contribution in [1.29, 1.82) is 0 Å². The zero-order chi connectivity index (χ0) is 49.0. The van der Waals surface area contributed by atoms with Crippen molar-refractivity contribution in [3.63, 3.8) is 0 Å². The zero-order valence-corrected chi connectivity index (χ0v) is 45.2. The third-order valence-electron chi connectivity index (χ3n) is 15.9. The molecule has 398 valence electrons. The van der Waals surface area contributed by atoms with E-state index in [1.807, 2.05) is 0 Å². The lowest BCUT2D eigenvalue weighted by Crippen LogP contribution is -2.46. The Kier molecular flexibility index (Phi) is 40.8. The molecule has 2 rings (SSSR count). The number of amides is 4. The molecule has 0 heterocycles. The van der Waals surface area contributed by atoms with Crippen LogP contribution in [-0.4, -0.2) is 41.8 Å². The van der Waals surface area contributed by atoms with Crippen LogP contribution in [0.15, 0.2) is 0 Å². The Labute approximate surface area is 421 Å². The number of rotatable bonds is 47. The minimum atomic E-state index is -0.192. The standard InChI is InChI=1S/C60H114N4O4/c1-3-5-7-9-11-14-23-29-35-48-58(66)62-54-44-40-43-53(51-54)56(45-33-27-21-18-19-22-28-34-47-57(61)65)64-60(68)50-37-31-25-17-13-16-20-26-32-41-52-42-38-39-46-55(52)63-59(67)49-36-30-24-15-12-10-8-6-4-2/h52-56H,3-51H2,1-2H3,(H2,61,65)(H,62,66)(H,63,67)(H,64,68). The normalized spacial score (nSPS) is 18.9. The molecule has 5 atom stereocenters. The quantitative estimate of drug-likeness (QED) is 0.0453. The lowest BCUT2D eigenvalue weighted by molar-refractivity contribution is -0.124. The van der Waals surface area contributed by atoms with Gasteiger partial charge in [0, 0.05) is 43.8 Å². The van der Waals surface area contributed by atoms with Crippen LogP contribution >= 0.6 is 0 Å². The van der Waals surface area contributed by atoms with Crippen LogP contribution in [0.4, 0.5) is 0 Å². The third kappa shape index (κ3) is 35.9. The summed E-state index contributed by atoms with van der Waals surface area (Å²) < 4.78 is 0. The van der Waals surface area contributed by atoms with Gasteiger partial charge in [0.1, 0.15) is 0 Å². The van der Waals surface area contributed by atoms with E-state index in [1.165, 1.54) is 205 Å². The van der Waals surface area contributed by atoms with E-state index in [9.17, 15) is 19.2 Å². The summed E-state index contributed by atoms with van der Waals surface area (Å²) in [5, 5.41) is 10.4. The maximum atomic E-state index is 13.4. The largest absolute Gasteiger partial charge is 0.370 e. The number of carbonyl (C=O) groups excluding carboxylic acids is 4. The molecule has 0 saturated heterocycles. The van der Waals surface area contributed by atoms with Crippen LogP contribution in [-0.2, 0) is 19.2 Å². The Morgan fingerprint density at radius 1 is 0.426 bits per heavy atom. The highest BCUT2D eigenvalue weighted by Gasteiger charge is 2.30. The van der Waals surface area contributed by atoms with Crippen molar-refractivity contribution in [2.45, 2.75) is 347 Å². The van der Waals surface area contributed by atoms with Crippen LogP contribution in [0.25, 0.3) is 0 Å². The van der Waals surface area contributed by atoms with Crippen LogP contribution in [0.2, 0.25) is 0 Å². The Morgan fingerprint density at radius 3 is 1.34 bits per heavy atom. The molecule has 0 spiro atoms. The first kappa shape index (κ1) is 62.0. The third-order valence-corrected chi connectivity index (χ3v) is 15.9. The number of hydrogen-bond acceptors (Lipinski definition) is 4. The van der Waals surface area contributed by atoms with Gasteiger partial charge in [-0.05, 0) is 82.5 Å². The highest BCUT2D eigenvalue weighted by Crippen LogP contribution is 2.31. The molecule has 4 amide bonds. The average molecular weight is 956 g/mol. The molecule has 0 aliphatic heterocycles. The second-order valence-corrected chi connectivity index (χ2v) is 22.3. The van der Waals surface area contributed by atoms with Crippen molar-refractivity contribution in [1.82, 2.24) is 16.0 Å². The zero-order valence-electron chi connectivity index (χ0n) is 45.2. The molecule has 8 nitrogen and oxygen atoms in total. The minimum absolute atomic E-state index is 0.192. The number of carbonyl (C=O) groups is 4. The summed E-state index contributed by atoms with van der Waals surface area (Å²) >= 11 is 0. The van der Waals surface area contributed by atoms with Crippen LogP contribution in [0.1, 0.15) is 328 Å². The van der Waals surface area contributed by atoms with Gasteiger partial charge in [-0.15, -0.1) is 0 Å². The second-order valence-electron chi connectivity index (χ2n) is 22.3. The molecule has 2 aliphatic rings. The summed E-state index contributed by atoms with van der Waals surface area (Å²) in [4.78, 5) is 50.2. The Balaban J connectivity index is 1.62. The first-order valence-corrected chi connectivity index (χ1v) is 30.5. The van der Waals surface area contributed by atoms with Gasteiger partial charge in [0.15, 0.2) is 0 Å². The lowest BCUT2D eigenvalue weighted by atomic mass is 9.79. The van der Waals surface area contributed by atoms with Crippen molar-refractivity contribution in [3.05, 3.63) is 0 Å². The van der Waals surface area contributed by atoms with Gasteiger partial charge in [0.05, 0.1) is 0 Å². The van der Waals surface area contributed by atoms with Crippen molar-refractivity contribution in [2.75, 3.05) is 0 Å². The lowest BCUT2D eigenvalue weighted by Gasteiger charge is -2.35. The Hall–Kier alpha value is -2.12. The fourth-order valence-corrected chi connectivity index (χ4v) is 11.6. The summed E-state index contributed by atoms with van der Waals surface area (Å²) in [5.74, 6) is 1.65. The molecule has 2 saturated carbocycles. The van der Waals surface area contributed by atoms with Gasteiger partial charge in [0.25, 0.3) is 0 Å². The molecule has 0 aromatic carbocycles. The number of nitrogens with one attached hydrogen (secondary N) is 3. The van der Waals surface area contributed by atoms with E-state index >= 15 is 0 Å². The van der Waals surface area contributed by atoms with E-state index in [-0.39, 0.29) is 29.8 Å². The summed E-state index contributed by atoms with van der Waals surface area (Å²) in [6, 6.07) is 0.834. The minimum Gasteiger partial charge on any atom is -0.370 e. The highest BCUT2D eigenvalue weighted by molar-refractivity contribution is 5.77. The monoisotopic (exact) mass is 955 g/mol. The molecule has 68 heavy (non-hydrogen) atoms. The van der Waals surface area contributed by atoms with Crippen LogP contribution in [0, 0.1) is 11.8 Å². The Morgan fingerprint density at radius 2 is 0.838 bits per heavy atom. The van der Waals surface area contributed by atoms with Gasteiger partial charge < -0.3 is 21.7 Å². The van der Waals surface area contributed by atoms with Crippen molar-refractivity contribution in [2.24, 2.45) is 17.6 Å². The topological polar surface area (TPSA) is 130 Å². The number of primary amides is 1. The van der Waals surface area contributed by atoms with Crippen LogP contribution < -0.4 is 21.7 Å². The number of nitrogens with two attached hydrogens (primary N) is 1. The Bertz CT molecular complexity index is 1210. The molecule has 0 aromatic rings. The second kappa shape index (κ2) is 44.8. The molecule has 0 bridgehead atoms. The maximum absolute atomic E-state index is 13.4. The smallest absolute Gasteiger partial charge is 0.220 e.